The number of rotatable bonds is 5. The van der Waals surface area contributed by atoms with E-state index < -0.39 is 5.60 Å². The second-order valence-corrected chi connectivity index (χ2v) is 7.97. The number of hydrogen-bond acceptors (Lipinski definition) is 2. The number of anilines is 1. The van der Waals surface area contributed by atoms with E-state index in [4.69, 9.17) is 7.85 Å². The molecule has 0 aromatic carbocycles. The predicted molar refractivity (Wildman–Crippen MR) is 97.6 cm³/mol. The summed E-state index contributed by atoms with van der Waals surface area (Å²) in [6.07, 6.45) is 9.84. The third kappa shape index (κ3) is 4.03. The molecule has 2 aliphatic rings. The minimum atomic E-state index is -0.436. The molecule has 1 saturated carbocycles. The van der Waals surface area contributed by atoms with Crippen molar-refractivity contribution in [3.63, 3.8) is 0 Å². The lowest BCUT2D eigenvalue weighted by Gasteiger charge is -2.34. The maximum atomic E-state index is 10.3. The van der Waals surface area contributed by atoms with Crippen molar-refractivity contribution in [2.45, 2.75) is 64.4 Å². The van der Waals surface area contributed by atoms with Crippen LogP contribution in [0.5, 0.6) is 0 Å². The molecule has 1 aromatic heterocycles. The molecule has 1 aromatic rings. The van der Waals surface area contributed by atoms with Crippen molar-refractivity contribution in [2.24, 2.45) is 11.8 Å². The van der Waals surface area contributed by atoms with Gasteiger partial charge in [-0.3, -0.25) is 0 Å². The molecule has 3 rings (SSSR count). The fourth-order valence-electron chi connectivity index (χ4n) is 4.29. The largest absolute Gasteiger partial charge is 0.390 e. The Morgan fingerprint density at radius 1 is 1.48 bits per heavy atom. The van der Waals surface area contributed by atoms with E-state index in [0.717, 1.165) is 37.1 Å². The summed E-state index contributed by atoms with van der Waals surface area (Å²) in [5.41, 5.74) is 3.09. The molecule has 1 fully saturated rings. The Labute approximate surface area is 141 Å². The van der Waals surface area contributed by atoms with Crippen molar-refractivity contribution < 1.29 is 5.11 Å². The van der Waals surface area contributed by atoms with E-state index in [1.54, 1.807) is 0 Å². The summed E-state index contributed by atoms with van der Waals surface area (Å²) in [6.45, 7) is 5.06. The number of aromatic nitrogens is 1. The van der Waals surface area contributed by atoms with E-state index in [1.165, 1.54) is 36.8 Å². The first-order valence-corrected chi connectivity index (χ1v) is 9.06. The molecule has 0 bridgehead atoms. The van der Waals surface area contributed by atoms with Gasteiger partial charge in [0.2, 0.25) is 0 Å². The maximum Gasteiger partial charge on any atom is 0.111 e. The highest BCUT2D eigenvalue weighted by Crippen LogP contribution is 2.38. The Bertz CT molecular complexity index is 576. The van der Waals surface area contributed by atoms with Gasteiger partial charge in [-0.2, -0.15) is 0 Å². The van der Waals surface area contributed by atoms with Crippen LogP contribution in [-0.2, 0) is 0 Å². The van der Waals surface area contributed by atoms with Crippen LogP contribution >= 0.6 is 0 Å². The smallest absolute Gasteiger partial charge is 0.111 e. The second kappa shape index (κ2) is 6.76. The first-order chi connectivity index (χ1) is 10.9. The van der Waals surface area contributed by atoms with Gasteiger partial charge in [0.05, 0.1) is 5.60 Å². The number of nitrogens with one attached hydrogen (secondary N) is 2. The van der Waals surface area contributed by atoms with Gasteiger partial charge in [-0.25, -0.2) is 0 Å². The normalized spacial score (nSPS) is 29.1. The fraction of sp³-hybridized carbons (Fsp3) is 0.684. The van der Waals surface area contributed by atoms with Crippen molar-refractivity contribution in [1.29, 1.82) is 0 Å². The maximum absolute atomic E-state index is 10.3. The number of fused-ring (bicyclic) bond motifs is 1. The molecule has 0 saturated heterocycles. The van der Waals surface area contributed by atoms with E-state index in [9.17, 15) is 5.11 Å². The molecule has 124 valence electrons. The van der Waals surface area contributed by atoms with Crippen LogP contribution in [0.15, 0.2) is 17.7 Å². The molecule has 4 heteroatoms. The van der Waals surface area contributed by atoms with Gasteiger partial charge in [0, 0.05) is 18.3 Å². The van der Waals surface area contributed by atoms with Gasteiger partial charge in [0.25, 0.3) is 0 Å². The number of aliphatic hydroxyl groups is 1. The summed E-state index contributed by atoms with van der Waals surface area (Å²) in [5, 5.41) is 13.6. The van der Waals surface area contributed by atoms with Crippen LogP contribution in [0, 0.1) is 11.8 Å². The Morgan fingerprint density at radius 3 is 3.09 bits per heavy atom. The van der Waals surface area contributed by atoms with Gasteiger partial charge in [0.15, 0.2) is 0 Å². The van der Waals surface area contributed by atoms with Gasteiger partial charge < -0.3 is 15.4 Å². The van der Waals surface area contributed by atoms with E-state index >= 15 is 0 Å². The second-order valence-electron chi connectivity index (χ2n) is 7.97. The van der Waals surface area contributed by atoms with Crippen molar-refractivity contribution in [2.75, 3.05) is 11.9 Å². The topological polar surface area (TPSA) is 48.0 Å². The third-order valence-corrected chi connectivity index (χ3v) is 5.59. The molecule has 23 heavy (non-hydrogen) atoms. The molecular weight excluding hydrogens is 283 g/mol. The van der Waals surface area contributed by atoms with Crippen LogP contribution < -0.4 is 5.32 Å². The lowest BCUT2D eigenvalue weighted by molar-refractivity contribution is -0.00141. The minimum Gasteiger partial charge on any atom is -0.390 e. The lowest BCUT2D eigenvalue weighted by atomic mass is 9.75. The number of H-pyrrole nitrogens is 1. The molecule has 3 atom stereocenters. The van der Waals surface area contributed by atoms with Gasteiger partial charge in [-0.15, -0.1) is 0 Å². The molecule has 0 spiro atoms. The number of allylic oxidation sites excluding steroid dienone is 1. The van der Waals surface area contributed by atoms with Crippen LogP contribution in [-0.4, -0.2) is 30.1 Å². The standard InChI is InChI=1S/C19H29BN2O/c1-13(5-6-14-4-3-8-19(2,23)11-14)10-16-15-7-9-21-18(15)22-12-17(16)20/h7,9,13-14,21-23H,3-6,8,10-12H2,1-2H3. The van der Waals surface area contributed by atoms with E-state index in [0.29, 0.717) is 11.8 Å². The summed E-state index contributed by atoms with van der Waals surface area (Å²) in [6, 6.07) is 2.12. The van der Waals surface area contributed by atoms with E-state index in [2.05, 4.69) is 23.3 Å². The van der Waals surface area contributed by atoms with E-state index in [-0.39, 0.29) is 0 Å². The zero-order chi connectivity index (χ0) is 16.4. The van der Waals surface area contributed by atoms with Crippen LogP contribution in [0.3, 0.4) is 0 Å². The van der Waals surface area contributed by atoms with Crippen molar-refractivity contribution in [3.05, 3.63) is 23.3 Å². The quantitative estimate of drug-likeness (QED) is 0.718. The number of aromatic amines is 1. The fourth-order valence-corrected chi connectivity index (χ4v) is 4.29. The van der Waals surface area contributed by atoms with Gasteiger partial charge >= 0.3 is 0 Å². The summed E-state index contributed by atoms with van der Waals surface area (Å²) < 4.78 is 0. The molecule has 3 nitrogen and oxygen atoms in total. The molecular formula is C19H29BN2O. The predicted octanol–water partition coefficient (Wildman–Crippen LogP) is 4.07. The zero-order valence-corrected chi connectivity index (χ0v) is 14.5. The van der Waals surface area contributed by atoms with Crippen LogP contribution in [0.4, 0.5) is 5.82 Å². The van der Waals surface area contributed by atoms with E-state index in [1.807, 2.05) is 13.1 Å². The van der Waals surface area contributed by atoms with Crippen LogP contribution in [0.1, 0.15) is 64.4 Å². The summed E-state index contributed by atoms with van der Waals surface area (Å²) in [4.78, 5) is 3.25. The lowest BCUT2D eigenvalue weighted by Crippen LogP contribution is -2.31. The summed E-state index contributed by atoms with van der Waals surface area (Å²) in [7, 11) is 6.25. The summed E-state index contributed by atoms with van der Waals surface area (Å²) >= 11 is 0. The van der Waals surface area contributed by atoms with Crippen LogP contribution in [0.2, 0.25) is 0 Å². The average molecular weight is 312 g/mol. The zero-order valence-electron chi connectivity index (χ0n) is 14.5. The Balaban J connectivity index is 1.54. The van der Waals surface area contributed by atoms with Crippen molar-refractivity contribution >= 4 is 19.2 Å². The molecule has 1 aliphatic carbocycles. The molecule has 3 N–H and O–H groups in total. The Morgan fingerprint density at radius 2 is 2.30 bits per heavy atom. The highest BCUT2D eigenvalue weighted by atomic mass is 16.3. The SMILES string of the molecule is [B]C1=C(CC(C)CCC2CCCC(C)(O)C2)c2cc[nH]c2NC1. The van der Waals surface area contributed by atoms with Gasteiger partial charge in [-0.1, -0.05) is 38.1 Å². The molecule has 2 radical (unpaired) electrons. The summed E-state index contributed by atoms with van der Waals surface area (Å²) in [5.74, 6) is 2.41. The highest BCUT2D eigenvalue weighted by Gasteiger charge is 2.29. The van der Waals surface area contributed by atoms with Crippen LogP contribution in [0.25, 0.3) is 5.57 Å². The molecule has 0 amide bonds. The Hall–Kier alpha value is -1.16. The van der Waals surface area contributed by atoms with Crippen molar-refractivity contribution in [3.8, 4) is 0 Å². The average Bonchev–Trinajstić information content (AvgIpc) is 2.96. The molecule has 3 unspecified atom stereocenters. The first-order valence-electron chi connectivity index (χ1n) is 9.06. The number of hydrogen-bond donors (Lipinski definition) is 3. The molecule has 2 heterocycles. The van der Waals surface area contributed by atoms with Gasteiger partial charge in [-0.05, 0) is 49.7 Å². The third-order valence-electron chi connectivity index (χ3n) is 5.59. The highest BCUT2D eigenvalue weighted by molar-refractivity contribution is 6.26. The van der Waals surface area contributed by atoms with Crippen molar-refractivity contribution in [1.82, 2.24) is 4.98 Å². The molecule has 1 aliphatic heterocycles. The Kier molecular flexibility index (Phi) is 4.91. The van der Waals surface area contributed by atoms with Gasteiger partial charge in [0.1, 0.15) is 13.7 Å². The first kappa shape index (κ1) is 16.7. The minimum absolute atomic E-state index is 0.436. The monoisotopic (exact) mass is 312 g/mol.